The van der Waals surface area contributed by atoms with E-state index in [1.165, 1.54) is 11.3 Å². The van der Waals surface area contributed by atoms with Gasteiger partial charge in [-0.2, -0.15) is 0 Å². The Labute approximate surface area is 151 Å². The maximum atomic E-state index is 14.5. The third-order valence-corrected chi connectivity index (χ3v) is 6.85. The van der Waals surface area contributed by atoms with Gasteiger partial charge in [-0.05, 0) is 28.3 Å². The second-order valence-electron chi connectivity index (χ2n) is 5.32. The van der Waals surface area contributed by atoms with E-state index in [4.69, 9.17) is 4.74 Å². The first-order valence-electron chi connectivity index (χ1n) is 7.55. The zero-order chi connectivity index (χ0) is 17.0. The molecule has 0 N–H and O–H groups in total. The van der Waals surface area contributed by atoms with E-state index in [1.807, 2.05) is 0 Å². The SMILES string of the molecule is CCCCC(CC)COC(=O)c1sc2c(C=O)sc(Br)c2c1F. The van der Waals surface area contributed by atoms with E-state index in [0.29, 0.717) is 37.6 Å². The van der Waals surface area contributed by atoms with Crippen LogP contribution in [0.3, 0.4) is 0 Å². The van der Waals surface area contributed by atoms with Gasteiger partial charge in [-0.3, -0.25) is 4.79 Å². The van der Waals surface area contributed by atoms with Crippen LogP contribution in [-0.2, 0) is 4.74 Å². The van der Waals surface area contributed by atoms with Gasteiger partial charge in [0.2, 0.25) is 0 Å². The van der Waals surface area contributed by atoms with Crippen molar-refractivity contribution < 1.29 is 18.7 Å². The van der Waals surface area contributed by atoms with E-state index in [9.17, 15) is 14.0 Å². The van der Waals surface area contributed by atoms with Gasteiger partial charge in [-0.15, -0.1) is 22.7 Å². The van der Waals surface area contributed by atoms with Gasteiger partial charge in [0.1, 0.15) is 4.88 Å². The number of esters is 1. The standard InChI is InChI=1S/C16H18BrFO3S2/c1-3-5-6-9(4-2)8-21-16(20)14-12(18)11-13(23-14)10(7-19)22-15(11)17/h7,9H,3-6,8H2,1-2H3. The number of hydrogen-bond donors (Lipinski definition) is 0. The number of aldehydes is 1. The summed E-state index contributed by atoms with van der Waals surface area (Å²) in [5, 5.41) is 0.298. The molecule has 2 rings (SSSR count). The molecule has 0 bridgehead atoms. The molecule has 2 aromatic rings. The normalized spacial score (nSPS) is 12.5. The maximum absolute atomic E-state index is 14.5. The van der Waals surface area contributed by atoms with E-state index in [2.05, 4.69) is 29.8 Å². The minimum absolute atomic E-state index is 0.0584. The number of thiophene rings is 2. The van der Waals surface area contributed by atoms with Crippen LogP contribution in [0.25, 0.3) is 10.1 Å². The Morgan fingerprint density at radius 2 is 2.13 bits per heavy atom. The van der Waals surface area contributed by atoms with Gasteiger partial charge in [0.05, 0.1) is 25.4 Å². The molecule has 2 aromatic heterocycles. The molecular formula is C16H18BrFO3S2. The van der Waals surface area contributed by atoms with Gasteiger partial charge in [-0.1, -0.05) is 33.1 Å². The monoisotopic (exact) mass is 420 g/mol. The molecule has 23 heavy (non-hydrogen) atoms. The van der Waals surface area contributed by atoms with E-state index >= 15 is 0 Å². The molecule has 3 nitrogen and oxygen atoms in total. The summed E-state index contributed by atoms with van der Waals surface area (Å²) in [5.41, 5.74) is 0. The Morgan fingerprint density at radius 3 is 2.74 bits per heavy atom. The number of ether oxygens (including phenoxy) is 1. The fraction of sp³-hybridized carbons (Fsp3) is 0.500. The van der Waals surface area contributed by atoms with Crippen molar-refractivity contribution in [1.29, 1.82) is 0 Å². The van der Waals surface area contributed by atoms with Crippen molar-refractivity contribution in [3.63, 3.8) is 0 Å². The van der Waals surface area contributed by atoms with Crippen molar-refractivity contribution in [3.8, 4) is 0 Å². The number of fused-ring (bicyclic) bond motifs is 1. The Kier molecular flexibility index (Phi) is 6.73. The van der Waals surface area contributed by atoms with Gasteiger partial charge in [-0.25, -0.2) is 9.18 Å². The molecule has 0 saturated heterocycles. The number of unbranched alkanes of at least 4 members (excludes halogenated alkanes) is 1. The number of rotatable bonds is 8. The van der Waals surface area contributed by atoms with Crippen molar-refractivity contribution in [2.24, 2.45) is 5.92 Å². The molecule has 0 aliphatic rings. The summed E-state index contributed by atoms with van der Waals surface area (Å²) in [5.74, 6) is -0.944. The Balaban J connectivity index is 2.15. The minimum atomic E-state index is -0.646. The van der Waals surface area contributed by atoms with Crippen molar-refractivity contribution in [2.45, 2.75) is 39.5 Å². The number of hydrogen-bond acceptors (Lipinski definition) is 5. The van der Waals surface area contributed by atoms with Gasteiger partial charge in [0.15, 0.2) is 12.1 Å². The minimum Gasteiger partial charge on any atom is -0.461 e. The van der Waals surface area contributed by atoms with Crippen LogP contribution in [0, 0.1) is 11.7 Å². The van der Waals surface area contributed by atoms with E-state index in [0.717, 1.165) is 37.0 Å². The summed E-state index contributed by atoms with van der Waals surface area (Å²) >= 11 is 5.40. The molecule has 0 aliphatic carbocycles. The largest absolute Gasteiger partial charge is 0.461 e. The second kappa shape index (κ2) is 8.35. The molecular weight excluding hydrogens is 403 g/mol. The lowest BCUT2D eigenvalue weighted by Crippen LogP contribution is -2.14. The summed E-state index contributed by atoms with van der Waals surface area (Å²) in [7, 11) is 0. The van der Waals surface area contributed by atoms with E-state index in [1.54, 1.807) is 0 Å². The van der Waals surface area contributed by atoms with Gasteiger partial charge >= 0.3 is 5.97 Å². The summed E-state index contributed by atoms with van der Waals surface area (Å²) < 4.78 is 20.8. The van der Waals surface area contributed by atoms with Crippen LogP contribution in [-0.4, -0.2) is 18.9 Å². The number of carbonyl (C=O) groups excluding carboxylic acids is 2. The second-order valence-corrected chi connectivity index (χ2v) is 8.71. The maximum Gasteiger partial charge on any atom is 0.351 e. The summed E-state index contributed by atoms with van der Waals surface area (Å²) in [6, 6.07) is 0. The molecule has 0 aromatic carbocycles. The fourth-order valence-corrected chi connectivity index (χ4v) is 5.37. The zero-order valence-electron chi connectivity index (χ0n) is 13.0. The number of carbonyl (C=O) groups is 2. The van der Waals surface area contributed by atoms with Crippen molar-refractivity contribution in [2.75, 3.05) is 6.61 Å². The first-order valence-corrected chi connectivity index (χ1v) is 9.98. The molecule has 0 amide bonds. The molecule has 1 atom stereocenters. The highest BCUT2D eigenvalue weighted by Gasteiger charge is 2.25. The van der Waals surface area contributed by atoms with Crippen molar-refractivity contribution >= 4 is 60.9 Å². The molecule has 0 aliphatic heterocycles. The lowest BCUT2D eigenvalue weighted by atomic mass is 10.0. The smallest absolute Gasteiger partial charge is 0.351 e. The highest BCUT2D eigenvalue weighted by molar-refractivity contribution is 9.11. The molecule has 0 fully saturated rings. The average Bonchev–Trinajstić information content (AvgIpc) is 3.05. The van der Waals surface area contributed by atoms with Crippen LogP contribution in [0.4, 0.5) is 4.39 Å². The van der Waals surface area contributed by atoms with E-state index in [-0.39, 0.29) is 4.88 Å². The van der Waals surface area contributed by atoms with Crippen LogP contribution < -0.4 is 0 Å². The topological polar surface area (TPSA) is 43.4 Å². The van der Waals surface area contributed by atoms with Gasteiger partial charge in [0, 0.05) is 0 Å². The van der Waals surface area contributed by atoms with Crippen molar-refractivity contribution in [1.82, 2.24) is 0 Å². The third kappa shape index (κ3) is 4.00. The molecule has 2 heterocycles. The highest BCUT2D eigenvalue weighted by Crippen LogP contribution is 2.42. The van der Waals surface area contributed by atoms with Crippen LogP contribution in [0.2, 0.25) is 0 Å². The molecule has 0 spiro atoms. The summed E-state index contributed by atoms with van der Waals surface area (Å²) in [4.78, 5) is 23.6. The average molecular weight is 421 g/mol. The molecule has 1 unspecified atom stereocenters. The Hall–Kier alpha value is -0.790. The fourth-order valence-electron chi connectivity index (χ4n) is 2.32. The quantitative estimate of drug-likeness (QED) is 0.385. The zero-order valence-corrected chi connectivity index (χ0v) is 16.2. The van der Waals surface area contributed by atoms with Gasteiger partial charge < -0.3 is 4.74 Å². The first-order chi connectivity index (χ1) is 11.0. The molecule has 0 saturated carbocycles. The van der Waals surface area contributed by atoms with E-state index < -0.39 is 11.8 Å². The predicted octanol–water partition coefficient (Wildman–Crippen LogP) is 6.05. The van der Waals surface area contributed by atoms with Crippen LogP contribution in [0.15, 0.2) is 3.79 Å². The Morgan fingerprint density at radius 1 is 1.39 bits per heavy atom. The number of halogens is 2. The Bertz CT molecular complexity index is 708. The summed E-state index contributed by atoms with van der Waals surface area (Å²) in [6.07, 6.45) is 4.80. The van der Waals surface area contributed by atoms with Crippen LogP contribution in [0.1, 0.15) is 58.9 Å². The van der Waals surface area contributed by atoms with Crippen molar-refractivity contribution in [3.05, 3.63) is 19.4 Å². The van der Waals surface area contributed by atoms with Gasteiger partial charge in [0.25, 0.3) is 0 Å². The molecule has 126 valence electrons. The summed E-state index contributed by atoms with van der Waals surface area (Å²) in [6.45, 7) is 4.49. The van der Waals surface area contributed by atoms with Crippen LogP contribution in [0.5, 0.6) is 0 Å². The lowest BCUT2D eigenvalue weighted by molar-refractivity contribution is 0.0429. The third-order valence-electron chi connectivity index (χ3n) is 3.76. The highest BCUT2D eigenvalue weighted by atomic mass is 79.9. The lowest BCUT2D eigenvalue weighted by Gasteiger charge is -2.14. The molecule has 7 heteroatoms. The first kappa shape index (κ1) is 18.5. The molecule has 0 radical (unpaired) electrons. The predicted molar refractivity (Wildman–Crippen MR) is 96.3 cm³/mol. The van der Waals surface area contributed by atoms with Crippen LogP contribution >= 0.6 is 38.6 Å².